The molecule has 5 aliphatic rings. The molecule has 0 amide bonds. The SMILES string of the molecule is CC[C@H]1O[C@]2(O)O[C@H]([C@@H](C)C3O[C@](C)(C[C@@H]3C)[C@H](O[C@@H]3OC(C)CC(N(C)CCF)C3O)[C@@H](C)[C@H](O[C@H]3CC(C)(OC)[C@@H](O)C(C)O3)[C@H]2C)[C@]1(C)O. The number of methoxy groups -OCH3 is 1. The van der Waals surface area contributed by atoms with Crippen LogP contribution >= 0.6 is 0 Å². The second kappa shape index (κ2) is 15.7. The number of hydrogen-bond donors (Lipinski definition) is 4. The van der Waals surface area contributed by atoms with Gasteiger partial charge >= 0.3 is 0 Å². The van der Waals surface area contributed by atoms with Crippen LogP contribution in [0.3, 0.4) is 0 Å². The van der Waals surface area contributed by atoms with Gasteiger partial charge in [-0.1, -0.05) is 34.6 Å². The number of hydrogen-bond acceptors (Lipinski definition) is 13. The van der Waals surface area contributed by atoms with Crippen LogP contribution in [0.4, 0.5) is 4.39 Å². The molecular weight excluding hydrogens is 681 g/mol. The number of fused-ring (bicyclic) bond motifs is 4. The molecule has 4 bridgehead atoms. The highest BCUT2D eigenvalue weighted by atomic mass is 19.1. The van der Waals surface area contributed by atoms with Crippen LogP contribution in [0.5, 0.6) is 0 Å². The van der Waals surface area contributed by atoms with Crippen molar-refractivity contribution in [1.29, 1.82) is 0 Å². The lowest BCUT2D eigenvalue weighted by Gasteiger charge is -2.55. The standard InChI is InChI=1S/C38H68FNO12/c1-13-26-37(10,43)33-21(4)29-19(2)17-36(9,51-29)32(49-34-28(41)25(16-20(3)46-34)40(11)15-14-39)22(5)30(23(6)38(44,50-26)52-33)48-27-18-35(8,45-12)31(42)24(7)47-27/h19-34,41-44H,13-18H2,1-12H3/t19-,20?,21-,22-,23+,24?,25?,26+,27-,28?,29?,30-,31-,32+,33+,34-,35?,36+,37+,38-/m0/s1. The first kappa shape index (κ1) is 42.6. The third kappa shape index (κ3) is 7.73. The monoisotopic (exact) mass is 749 g/mol. The van der Waals surface area contributed by atoms with E-state index in [9.17, 15) is 24.8 Å². The molecule has 0 aromatic rings. The molecular formula is C38H68FNO12. The van der Waals surface area contributed by atoms with E-state index in [1.54, 1.807) is 39.6 Å². The molecule has 52 heavy (non-hydrogen) atoms. The summed E-state index contributed by atoms with van der Waals surface area (Å²) in [6.45, 7) is 18.4. The Morgan fingerprint density at radius 1 is 0.904 bits per heavy atom. The Balaban J connectivity index is 1.61. The van der Waals surface area contributed by atoms with Gasteiger partial charge in [0.05, 0.1) is 59.8 Å². The summed E-state index contributed by atoms with van der Waals surface area (Å²) in [6, 6.07) is -0.414. The maximum atomic E-state index is 13.5. The summed E-state index contributed by atoms with van der Waals surface area (Å²) in [7, 11) is 3.32. The zero-order valence-electron chi connectivity index (χ0n) is 33.4. The molecule has 5 fully saturated rings. The van der Waals surface area contributed by atoms with E-state index in [-0.39, 0.29) is 25.0 Å². The Morgan fingerprint density at radius 3 is 2.19 bits per heavy atom. The van der Waals surface area contributed by atoms with Gasteiger partial charge in [0.15, 0.2) is 12.6 Å². The molecule has 5 rings (SSSR count). The van der Waals surface area contributed by atoms with E-state index < -0.39 is 115 Å². The molecule has 304 valence electrons. The minimum absolute atomic E-state index is 0.0177. The Kier molecular flexibility index (Phi) is 12.9. The normalized spacial score (nSPS) is 54.6. The van der Waals surface area contributed by atoms with Crippen molar-refractivity contribution in [2.75, 3.05) is 27.4 Å². The molecule has 0 radical (unpaired) electrons. The predicted octanol–water partition coefficient (Wildman–Crippen LogP) is 3.12. The Bertz CT molecular complexity index is 1200. The van der Waals surface area contributed by atoms with Crippen LogP contribution in [0.15, 0.2) is 0 Å². The van der Waals surface area contributed by atoms with E-state index >= 15 is 0 Å². The Labute approximate surface area is 309 Å². The van der Waals surface area contributed by atoms with E-state index in [1.807, 2.05) is 34.6 Å². The number of aliphatic hydroxyl groups excluding tert-OH is 2. The van der Waals surface area contributed by atoms with Gasteiger partial charge in [-0.25, -0.2) is 4.39 Å². The summed E-state index contributed by atoms with van der Waals surface area (Å²) in [5.74, 6) is -4.11. The van der Waals surface area contributed by atoms with Gasteiger partial charge in [0, 0.05) is 38.0 Å². The van der Waals surface area contributed by atoms with E-state index in [4.69, 9.17) is 37.9 Å². The summed E-state index contributed by atoms with van der Waals surface area (Å²) in [5, 5.41) is 47.2. The lowest BCUT2D eigenvalue weighted by Crippen LogP contribution is -2.69. The van der Waals surface area contributed by atoms with Crippen molar-refractivity contribution in [3.63, 3.8) is 0 Å². The van der Waals surface area contributed by atoms with Crippen molar-refractivity contribution >= 4 is 0 Å². The van der Waals surface area contributed by atoms with Gasteiger partial charge in [0.25, 0.3) is 5.97 Å². The zero-order valence-corrected chi connectivity index (χ0v) is 33.4. The molecule has 4 N–H and O–H groups in total. The number of halogens is 1. The summed E-state index contributed by atoms with van der Waals surface area (Å²) in [6.07, 6.45) is -7.03. The van der Waals surface area contributed by atoms with Gasteiger partial charge in [0.2, 0.25) is 0 Å². The van der Waals surface area contributed by atoms with Crippen LogP contribution < -0.4 is 0 Å². The van der Waals surface area contributed by atoms with Crippen LogP contribution in [-0.4, -0.2) is 149 Å². The van der Waals surface area contributed by atoms with E-state index in [0.29, 0.717) is 19.3 Å². The summed E-state index contributed by atoms with van der Waals surface area (Å²) in [4.78, 5) is 1.80. The lowest BCUT2D eigenvalue weighted by molar-refractivity contribution is -0.481. The van der Waals surface area contributed by atoms with Crippen molar-refractivity contribution in [1.82, 2.24) is 4.90 Å². The van der Waals surface area contributed by atoms with Gasteiger partial charge in [-0.15, -0.1) is 0 Å². The van der Waals surface area contributed by atoms with Crippen LogP contribution in [0, 0.1) is 23.7 Å². The van der Waals surface area contributed by atoms with Crippen molar-refractivity contribution in [2.24, 2.45) is 23.7 Å². The maximum absolute atomic E-state index is 13.5. The van der Waals surface area contributed by atoms with E-state index in [0.717, 1.165) is 0 Å². The molecule has 6 unspecified atom stereocenters. The number of alkyl halides is 1. The topological polar surface area (TPSA) is 158 Å². The highest BCUT2D eigenvalue weighted by Gasteiger charge is 2.64. The number of nitrogens with zero attached hydrogens (tertiary/aromatic N) is 1. The predicted molar refractivity (Wildman–Crippen MR) is 188 cm³/mol. The molecule has 0 aliphatic carbocycles. The second-order valence-electron chi connectivity index (χ2n) is 17.4. The molecule has 0 aromatic heterocycles. The van der Waals surface area contributed by atoms with Crippen LogP contribution in [0.25, 0.3) is 0 Å². The Hall–Kier alpha value is -0.590. The minimum atomic E-state index is -2.21. The maximum Gasteiger partial charge on any atom is 0.286 e. The van der Waals surface area contributed by atoms with Crippen molar-refractivity contribution in [3.8, 4) is 0 Å². The van der Waals surface area contributed by atoms with E-state index in [1.165, 1.54) is 7.11 Å². The van der Waals surface area contributed by atoms with E-state index in [2.05, 4.69) is 6.92 Å². The number of likely N-dealkylation sites (N-methyl/N-ethyl adjacent to an activating group) is 1. The summed E-state index contributed by atoms with van der Waals surface area (Å²) >= 11 is 0. The fraction of sp³-hybridized carbons (Fsp3) is 1.00. The van der Waals surface area contributed by atoms with Crippen LogP contribution in [0.1, 0.15) is 94.9 Å². The first-order chi connectivity index (χ1) is 24.2. The third-order valence-electron chi connectivity index (χ3n) is 13.2. The minimum Gasteiger partial charge on any atom is -0.387 e. The molecule has 20 atom stereocenters. The van der Waals surface area contributed by atoms with Crippen molar-refractivity contribution < 1.29 is 62.7 Å². The van der Waals surface area contributed by atoms with Gasteiger partial charge < -0.3 is 58.3 Å². The summed E-state index contributed by atoms with van der Waals surface area (Å²) in [5.41, 5.74) is -3.41. The van der Waals surface area contributed by atoms with Gasteiger partial charge in [-0.05, 0) is 66.8 Å². The summed E-state index contributed by atoms with van der Waals surface area (Å²) < 4.78 is 65.6. The van der Waals surface area contributed by atoms with Crippen molar-refractivity contribution in [2.45, 2.75) is 191 Å². The smallest absolute Gasteiger partial charge is 0.286 e. The molecule has 13 nitrogen and oxygen atoms in total. The second-order valence-corrected chi connectivity index (χ2v) is 17.4. The number of aliphatic hydroxyl groups is 4. The molecule has 0 aromatic carbocycles. The fourth-order valence-corrected chi connectivity index (χ4v) is 10.1. The zero-order chi connectivity index (χ0) is 38.7. The molecule has 0 saturated carbocycles. The van der Waals surface area contributed by atoms with Gasteiger partial charge in [-0.3, -0.25) is 4.90 Å². The first-order valence-electron chi connectivity index (χ1n) is 19.4. The lowest BCUT2D eigenvalue weighted by atomic mass is 9.74. The first-order valence-corrected chi connectivity index (χ1v) is 19.4. The fourth-order valence-electron chi connectivity index (χ4n) is 10.1. The quantitative estimate of drug-likeness (QED) is 0.273. The average molecular weight is 750 g/mol. The van der Waals surface area contributed by atoms with Gasteiger partial charge in [-0.2, -0.15) is 0 Å². The highest BCUT2D eigenvalue weighted by Crippen LogP contribution is 2.52. The number of ether oxygens (including phenoxy) is 8. The molecule has 14 heteroatoms. The molecule has 0 spiro atoms. The molecule has 5 saturated heterocycles. The largest absolute Gasteiger partial charge is 0.387 e. The molecule has 5 aliphatic heterocycles. The third-order valence-corrected chi connectivity index (χ3v) is 13.2. The van der Waals surface area contributed by atoms with Crippen LogP contribution in [0.2, 0.25) is 0 Å². The van der Waals surface area contributed by atoms with Gasteiger partial charge in [0.1, 0.15) is 24.5 Å². The average Bonchev–Trinajstić information content (AvgIpc) is 3.39. The van der Waals surface area contributed by atoms with Crippen LogP contribution in [-0.2, 0) is 37.9 Å². The highest BCUT2D eigenvalue weighted by molar-refractivity contribution is 5.07. The number of rotatable bonds is 9. The Morgan fingerprint density at radius 2 is 1.58 bits per heavy atom. The molecule has 5 heterocycles. The van der Waals surface area contributed by atoms with Crippen molar-refractivity contribution in [3.05, 3.63) is 0 Å².